The Bertz CT molecular complexity index is 200. The standard InChI is InChI=1S/C13H27NO2S/c1-3-5-7-9-11(17)12(13(15)16)14-10-8-6-4-2/h11-12,14,17H,3-10H2,1-2H3,(H,15,16)/t11?,12-/m0/s1. The maximum absolute atomic E-state index is 11.1. The SMILES string of the molecule is CCCCCN[C@H](C(=O)O)C(S)CCCCC. The van der Waals surface area contributed by atoms with E-state index in [1.807, 2.05) is 0 Å². The predicted molar refractivity (Wildman–Crippen MR) is 75.9 cm³/mol. The van der Waals surface area contributed by atoms with E-state index in [9.17, 15) is 4.79 Å². The normalized spacial score (nSPS) is 14.5. The molecule has 0 aliphatic heterocycles. The molecule has 0 rings (SSSR count). The third-order valence-electron chi connectivity index (χ3n) is 2.90. The van der Waals surface area contributed by atoms with Crippen LogP contribution in [0.1, 0.15) is 58.8 Å². The van der Waals surface area contributed by atoms with Gasteiger partial charge in [0.1, 0.15) is 6.04 Å². The van der Waals surface area contributed by atoms with Gasteiger partial charge in [0, 0.05) is 5.25 Å². The molecule has 0 radical (unpaired) electrons. The lowest BCUT2D eigenvalue weighted by molar-refractivity contribution is -0.139. The summed E-state index contributed by atoms with van der Waals surface area (Å²) in [5, 5.41) is 12.2. The Morgan fingerprint density at radius 1 is 1.18 bits per heavy atom. The number of hydrogen-bond donors (Lipinski definition) is 3. The summed E-state index contributed by atoms with van der Waals surface area (Å²) in [6.45, 7) is 5.06. The molecular weight excluding hydrogens is 234 g/mol. The fourth-order valence-corrected chi connectivity index (χ4v) is 2.21. The molecule has 3 nitrogen and oxygen atoms in total. The zero-order valence-electron chi connectivity index (χ0n) is 11.1. The van der Waals surface area contributed by atoms with Crippen LogP contribution in [0, 0.1) is 0 Å². The first-order valence-corrected chi connectivity index (χ1v) is 7.29. The van der Waals surface area contributed by atoms with Crippen molar-refractivity contribution in [3.63, 3.8) is 0 Å². The third-order valence-corrected chi connectivity index (χ3v) is 3.46. The van der Waals surface area contributed by atoms with Gasteiger partial charge in [0.05, 0.1) is 0 Å². The van der Waals surface area contributed by atoms with Crippen LogP contribution in [-0.4, -0.2) is 28.9 Å². The minimum atomic E-state index is -0.780. The Labute approximate surface area is 111 Å². The molecule has 2 N–H and O–H groups in total. The van der Waals surface area contributed by atoms with Gasteiger partial charge >= 0.3 is 5.97 Å². The molecule has 0 fully saturated rings. The van der Waals surface area contributed by atoms with Crippen LogP contribution in [0.4, 0.5) is 0 Å². The first-order chi connectivity index (χ1) is 8.13. The molecule has 0 bridgehead atoms. The highest BCUT2D eigenvalue weighted by atomic mass is 32.1. The summed E-state index contributed by atoms with van der Waals surface area (Å²) in [7, 11) is 0. The number of carbonyl (C=O) groups is 1. The van der Waals surface area contributed by atoms with E-state index in [2.05, 4.69) is 31.8 Å². The van der Waals surface area contributed by atoms with Crippen molar-refractivity contribution in [2.45, 2.75) is 70.1 Å². The Hall–Kier alpha value is -0.220. The van der Waals surface area contributed by atoms with Crippen LogP contribution in [0.15, 0.2) is 0 Å². The second-order valence-electron chi connectivity index (χ2n) is 4.54. The summed E-state index contributed by atoms with van der Waals surface area (Å²) in [4.78, 5) is 11.1. The maximum Gasteiger partial charge on any atom is 0.321 e. The molecule has 2 atom stereocenters. The molecule has 17 heavy (non-hydrogen) atoms. The molecule has 0 saturated carbocycles. The van der Waals surface area contributed by atoms with E-state index in [-0.39, 0.29) is 5.25 Å². The Kier molecular flexibility index (Phi) is 10.8. The summed E-state index contributed by atoms with van der Waals surface area (Å²) in [5.74, 6) is -0.780. The molecule has 4 heteroatoms. The van der Waals surface area contributed by atoms with Crippen molar-refractivity contribution in [3.8, 4) is 0 Å². The van der Waals surface area contributed by atoms with E-state index >= 15 is 0 Å². The van der Waals surface area contributed by atoms with Crippen LogP contribution >= 0.6 is 12.6 Å². The lowest BCUT2D eigenvalue weighted by Gasteiger charge is -2.20. The first kappa shape index (κ1) is 16.8. The molecule has 0 heterocycles. The topological polar surface area (TPSA) is 49.3 Å². The largest absolute Gasteiger partial charge is 0.480 e. The zero-order chi connectivity index (χ0) is 13.1. The van der Waals surface area contributed by atoms with Crippen molar-refractivity contribution in [1.29, 1.82) is 0 Å². The molecule has 0 aliphatic rings. The highest BCUT2D eigenvalue weighted by Crippen LogP contribution is 2.13. The van der Waals surface area contributed by atoms with Crippen molar-refractivity contribution in [3.05, 3.63) is 0 Å². The molecule has 102 valence electrons. The average Bonchev–Trinajstić information content (AvgIpc) is 2.28. The smallest absolute Gasteiger partial charge is 0.321 e. The van der Waals surface area contributed by atoms with E-state index in [1.165, 1.54) is 0 Å². The lowest BCUT2D eigenvalue weighted by Crippen LogP contribution is -2.44. The molecule has 0 spiro atoms. The second-order valence-corrected chi connectivity index (χ2v) is 5.20. The highest BCUT2D eigenvalue weighted by molar-refractivity contribution is 7.81. The second kappa shape index (κ2) is 10.9. The Balaban J connectivity index is 3.90. The predicted octanol–water partition coefficient (Wildman–Crippen LogP) is 3.10. The van der Waals surface area contributed by atoms with E-state index < -0.39 is 12.0 Å². The number of rotatable bonds is 11. The summed E-state index contributed by atoms with van der Waals surface area (Å²) >= 11 is 4.42. The highest BCUT2D eigenvalue weighted by Gasteiger charge is 2.23. The van der Waals surface area contributed by atoms with Crippen LogP contribution in [-0.2, 0) is 4.79 Å². The van der Waals surface area contributed by atoms with Crippen LogP contribution < -0.4 is 5.32 Å². The van der Waals surface area contributed by atoms with Gasteiger partial charge in [0.15, 0.2) is 0 Å². The fourth-order valence-electron chi connectivity index (χ4n) is 1.79. The Morgan fingerprint density at radius 2 is 1.76 bits per heavy atom. The van der Waals surface area contributed by atoms with Gasteiger partial charge in [-0.25, -0.2) is 0 Å². The number of aliphatic carboxylic acids is 1. The van der Waals surface area contributed by atoms with E-state index in [0.717, 1.165) is 51.5 Å². The molecule has 0 saturated heterocycles. The summed E-state index contributed by atoms with van der Waals surface area (Å²) < 4.78 is 0. The molecule has 0 aromatic carbocycles. The van der Waals surface area contributed by atoms with E-state index in [4.69, 9.17) is 5.11 Å². The first-order valence-electron chi connectivity index (χ1n) is 6.77. The molecule has 0 aromatic heterocycles. The monoisotopic (exact) mass is 261 g/mol. The van der Waals surface area contributed by atoms with E-state index in [1.54, 1.807) is 0 Å². The zero-order valence-corrected chi connectivity index (χ0v) is 12.0. The van der Waals surface area contributed by atoms with Crippen molar-refractivity contribution in [1.82, 2.24) is 5.32 Å². The number of hydrogen-bond acceptors (Lipinski definition) is 3. The van der Waals surface area contributed by atoms with Gasteiger partial charge in [-0.2, -0.15) is 12.6 Å². The lowest BCUT2D eigenvalue weighted by atomic mass is 10.1. The number of nitrogens with one attached hydrogen (secondary N) is 1. The number of carboxylic acids is 1. The van der Waals surface area contributed by atoms with Gasteiger partial charge in [-0.15, -0.1) is 0 Å². The fraction of sp³-hybridized carbons (Fsp3) is 0.923. The molecular formula is C13H27NO2S. The number of thiol groups is 1. The number of carboxylic acid groups (broad SMARTS) is 1. The summed E-state index contributed by atoms with van der Waals surface area (Å²) in [6.07, 6.45) is 7.57. The van der Waals surface area contributed by atoms with Gasteiger partial charge in [0.25, 0.3) is 0 Å². The van der Waals surface area contributed by atoms with Gasteiger partial charge in [0.2, 0.25) is 0 Å². The minimum absolute atomic E-state index is 0.0827. The van der Waals surface area contributed by atoms with Crippen LogP contribution in [0.5, 0.6) is 0 Å². The van der Waals surface area contributed by atoms with Gasteiger partial charge in [-0.05, 0) is 19.4 Å². The van der Waals surface area contributed by atoms with E-state index in [0.29, 0.717) is 0 Å². The van der Waals surface area contributed by atoms with Crippen molar-refractivity contribution in [2.75, 3.05) is 6.54 Å². The third kappa shape index (κ3) is 8.50. The quantitative estimate of drug-likeness (QED) is 0.396. The van der Waals surface area contributed by atoms with Crippen molar-refractivity contribution >= 4 is 18.6 Å². The van der Waals surface area contributed by atoms with Crippen LogP contribution in [0.2, 0.25) is 0 Å². The van der Waals surface area contributed by atoms with Crippen molar-refractivity contribution in [2.24, 2.45) is 0 Å². The van der Waals surface area contributed by atoms with Gasteiger partial charge in [-0.3, -0.25) is 4.79 Å². The number of unbranched alkanes of at least 4 members (excludes halogenated alkanes) is 4. The molecule has 0 amide bonds. The maximum atomic E-state index is 11.1. The molecule has 1 unspecified atom stereocenters. The van der Waals surface area contributed by atoms with Crippen LogP contribution in [0.3, 0.4) is 0 Å². The average molecular weight is 261 g/mol. The van der Waals surface area contributed by atoms with Gasteiger partial charge < -0.3 is 10.4 Å². The minimum Gasteiger partial charge on any atom is -0.480 e. The van der Waals surface area contributed by atoms with Crippen LogP contribution in [0.25, 0.3) is 0 Å². The summed E-state index contributed by atoms with van der Waals surface area (Å²) in [5.41, 5.74) is 0. The van der Waals surface area contributed by atoms with Crippen molar-refractivity contribution < 1.29 is 9.90 Å². The molecule has 0 aliphatic carbocycles. The summed E-state index contributed by atoms with van der Waals surface area (Å²) in [6, 6.07) is -0.507. The Morgan fingerprint density at radius 3 is 2.29 bits per heavy atom. The van der Waals surface area contributed by atoms with Gasteiger partial charge in [-0.1, -0.05) is 46.0 Å². The molecule has 0 aromatic rings.